The van der Waals surface area contributed by atoms with E-state index in [0.717, 1.165) is 43.5 Å². The number of piperazine rings is 1. The molecule has 4 nitrogen and oxygen atoms in total. The summed E-state index contributed by atoms with van der Waals surface area (Å²) in [5.41, 5.74) is 1.30. The topological polar surface area (TPSA) is 32.0 Å². The monoisotopic (exact) mass is 303 g/mol. The molecule has 0 aliphatic carbocycles. The van der Waals surface area contributed by atoms with Crippen LogP contribution in [-0.4, -0.2) is 42.3 Å². The molecule has 1 aliphatic heterocycles. The fourth-order valence-corrected chi connectivity index (χ4v) is 2.49. The summed E-state index contributed by atoms with van der Waals surface area (Å²) in [5, 5.41) is 7.32. The third-order valence-corrected chi connectivity index (χ3v) is 3.81. The molecule has 1 aromatic heterocycles. The van der Waals surface area contributed by atoms with Gasteiger partial charge >= 0.3 is 0 Å². The molecule has 21 heavy (non-hydrogen) atoms. The molecule has 0 radical (unpaired) electrons. The highest BCUT2D eigenvalue weighted by Gasteiger charge is 2.15. The average molecular weight is 304 g/mol. The first kappa shape index (κ1) is 14.2. The van der Waals surface area contributed by atoms with Crippen LogP contribution in [0.5, 0.6) is 0 Å². The molecule has 110 valence electrons. The van der Waals surface area contributed by atoms with E-state index in [1.807, 2.05) is 24.3 Å². The molecule has 0 saturated carbocycles. The lowest BCUT2D eigenvalue weighted by Crippen LogP contribution is -2.43. The van der Waals surface area contributed by atoms with Gasteiger partial charge in [0.15, 0.2) is 0 Å². The zero-order chi connectivity index (χ0) is 14.5. The summed E-state index contributed by atoms with van der Waals surface area (Å²) in [5.74, 6) is 0.790. The Morgan fingerprint density at radius 1 is 1.10 bits per heavy atom. The van der Waals surface area contributed by atoms with E-state index in [1.54, 1.807) is 12.5 Å². The SMILES string of the molecule is Clc1ccc(CN2CCN(N=Cc3ccco3)CC2)cc1. The number of benzene rings is 1. The third-order valence-electron chi connectivity index (χ3n) is 3.56. The van der Waals surface area contributed by atoms with Gasteiger partial charge in [0.05, 0.1) is 12.5 Å². The van der Waals surface area contributed by atoms with Gasteiger partial charge in [-0.15, -0.1) is 0 Å². The number of nitrogens with zero attached hydrogens (tertiary/aromatic N) is 3. The number of furan rings is 1. The molecule has 2 heterocycles. The number of halogens is 1. The highest BCUT2D eigenvalue weighted by Crippen LogP contribution is 2.13. The Balaban J connectivity index is 1.47. The van der Waals surface area contributed by atoms with Crippen molar-refractivity contribution < 1.29 is 4.42 Å². The van der Waals surface area contributed by atoms with E-state index in [4.69, 9.17) is 16.0 Å². The predicted molar refractivity (Wildman–Crippen MR) is 84.6 cm³/mol. The van der Waals surface area contributed by atoms with Crippen LogP contribution in [0, 0.1) is 0 Å². The minimum atomic E-state index is 0.788. The van der Waals surface area contributed by atoms with Gasteiger partial charge in [-0.2, -0.15) is 5.10 Å². The highest BCUT2D eigenvalue weighted by atomic mass is 35.5. The van der Waals surface area contributed by atoms with E-state index in [0.29, 0.717) is 0 Å². The standard InChI is InChI=1S/C16H18ClN3O/c17-15-5-3-14(4-6-15)13-19-7-9-20(10-8-19)18-12-16-2-1-11-21-16/h1-6,11-12H,7-10,13H2. The smallest absolute Gasteiger partial charge is 0.146 e. The first-order valence-corrected chi connectivity index (χ1v) is 7.47. The fourth-order valence-electron chi connectivity index (χ4n) is 2.36. The zero-order valence-corrected chi connectivity index (χ0v) is 12.5. The van der Waals surface area contributed by atoms with Gasteiger partial charge in [0.25, 0.3) is 0 Å². The number of hydrazone groups is 1. The highest BCUT2D eigenvalue weighted by molar-refractivity contribution is 6.30. The van der Waals surface area contributed by atoms with Gasteiger partial charge in [-0.3, -0.25) is 9.91 Å². The van der Waals surface area contributed by atoms with Crippen LogP contribution in [0.4, 0.5) is 0 Å². The van der Waals surface area contributed by atoms with Crippen LogP contribution >= 0.6 is 11.6 Å². The van der Waals surface area contributed by atoms with Crippen molar-refractivity contribution in [2.45, 2.75) is 6.54 Å². The second-order valence-electron chi connectivity index (χ2n) is 5.12. The maximum Gasteiger partial charge on any atom is 0.146 e. The van der Waals surface area contributed by atoms with Crippen molar-refractivity contribution in [3.63, 3.8) is 0 Å². The fraction of sp³-hybridized carbons (Fsp3) is 0.312. The Morgan fingerprint density at radius 3 is 2.52 bits per heavy atom. The summed E-state index contributed by atoms with van der Waals surface area (Å²) in [7, 11) is 0. The molecule has 1 saturated heterocycles. The van der Waals surface area contributed by atoms with Gasteiger partial charge in [0, 0.05) is 37.7 Å². The lowest BCUT2D eigenvalue weighted by atomic mass is 10.2. The van der Waals surface area contributed by atoms with Crippen molar-refractivity contribution in [2.75, 3.05) is 26.2 Å². The molecule has 3 rings (SSSR count). The maximum atomic E-state index is 5.91. The molecular formula is C16H18ClN3O. The maximum absolute atomic E-state index is 5.91. The average Bonchev–Trinajstić information content (AvgIpc) is 3.02. The normalized spacial score (nSPS) is 16.7. The van der Waals surface area contributed by atoms with Crippen molar-refractivity contribution in [3.8, 4) is 0 Å². The van der Waals surface area contributed by atoms with Crippen molar-refractivity contribution in [2.24, 2.45) is 5.10 Å². The molecule has 0 spiro atoms. The van der Waals surface area contributed by atoms with Crippen molar-refractivity contribution >= 4 is 17.8 Å². The van der Waals surface area contributed by atoms with Crippen LogP contribution in [0.1, 0.15) is 11.3 Å². The molecule has 0 amide bonds. The molecule has 0 unspecified atom stereocenters. The van der Waals surface area contributed by atoms with Crippen LogP contribution < -0.4 is 0 Å². The minimum absolute atomic E-state index is 0.788. The van der Waals surface area contributed by atoms with E-state index in [9.17, 15) is 0 Å². The Morgan fingerprint density at radius 2 is 1.86 bits per heavy atom. The summed E-state index contributed by atoms with van der Waals surface area (Å²) >= 11 is 5.91. The molecule has 0 atom stereocenters. The van der Waals surface area contributed by atoms with Gasteiger partial charge in [-0.1, -0.05) is 23.7 Å². The summed E-state index contributed by atoms with van der Waals surface area (Å²) in [4.78, 5) is 2.43. The van der Waals surface area contributed by atoms with Crippen molar-refractivity contribution in [1.29, 1.82) is 0 Å². The van der Waals surface area contributed by atoms with Crippen molar-refractivity contribution in [1.82, 2.24) is 9.91 Å². The lowest BCUT2D eigenvalue weighted by Gasteiger charge is -2.32. The summed E-state index contributed by atoms with van der Waals surface area (Å²) in [6.45, 7) is 4.86. The number of rotatable bonds is 4. The van der Waals surface area contributed by atoms with E-state index < -0.39 is 0 Å². The van der Waals surface area contributed by atoms with Crippen LogP contribution in [0.15, 0.2) is 52.2 Å². The Bertz CT molecular complexity index is 572. The Labute approximate surface area is 129 Å². The largest absolute Gasteiger partial charge is 0.463 e. The summed E-state index contributed by atoms with van der Waals surface area (Å²) < 4.78 is 5.24. The van der Waals surface area contributed by atoms with Crippen molar-refractivity contribution in [3.05, 3.63) is 59.0 Å². The first-order chi connectivity index (χ1) is 10.3. The summed E-state index contributed by atoms with van der Waals surface area (Å²) in [6, 6.07) is 11.8. The molecule has 0 bridgehead atoms. The molecule has 1 fully saturated rings. The predicted octanol–water partition coefficient (Wildman–Crippen LogP) is 3.08. The molecule has 0 N–H and O–H groups in total. The Hall–Kier alpha value is -1.78. The molecular weight excluding hydrogens is 286 g/mol. The van der Waals surface area contributed by atoms with E-state index in [-0.39, 0.29) is 0 Å². The molecule has 5 heteroatoms. The van der Waals surface area contributed by atoms with Crippen LogP contribution in [0.2, 0.25) is 5.02 Å². The number of hydrogen-bond donors (Lipinski definition) is 0. The molecule has 2 aromatic rings. The van der Waals surface area contributed by atoms with Crippen LogP contribution in [-0.2, 0) is 6.54 Å². The Kier molecular flexibility index (Phi) is 4.58. The first-order valence-electron chi connectivity index (χ1n) is 7.09. The van der Waals surface area contributed by atoms with Gasteiger partial charge in [0.2, 0.25) is 0 Å². The quantitative estimate of drug-likeness (QED) is 0.814. The van der Waals surface area contributed by atoms with E-state index in [1.165, 1.54) is 5.56 Å². The van der Waals surface area contributed by atoms with Gasteiger partial charge in [-0.05, 0) is 29.8 Å². The van der Waals surface area contributed by atoms with Gasteiger partial charge in [0.1, 0.15) is 5.76 Å². The van der Waals surface area contributed by atoms with Gasteiger partial charge in [-0.25, -0.2) is 0 Å². The second-order valence-corrected chi connectivity index (χ2v) is 5.55. The zero-order valence-electron chi connectivity index (χ0n) is 11.8. The summed E-state index contributed by atoms with van der Waals surface area (Å²) in [6.07, 6.45) is 3.43. The number of hydrogen-bond acceptors (Lipinski definition) is 4. The van der Waals surface area contributed by atoms with Crippen LogP contribution in [0.3, 0.4) is 0 Å². The lowest BCUT2D eigenvalue weighted by molar-refractivity contribution is 0.131. The minimum Gasteiger partial charge on any atom is -0.463 e. The molecule has 1 aromatic carbocycles. The second kappa shape index (κ2) is 6.78. The van der Waals surface area contributed by atoms with E-state index >= 15 is 0 Å². The van der Waals surface area contributed by atoms with Gasteiger partial charge < -0.3 is 4.42 Å². The van der Waals surface area contributed by atoms with Crippen LogP contribution in [0.25, 0.3) is 0 Å². The molecule has 1 aliphatic rings. The van der Waals surface area contributed by atoms with E-state index in [2.05, 4.69) is 27.1 Å². The third kappa shape index (κ3) is 4.09.